The normalized spacial score (nSPS) is 21.1. The van der Waals surface area contributed by atoms with Gasteiger partial charge in [0.15, 0.2) is 11.3 Å². The highest BCUT2D eigenvalue weighted by Crippen LogP contribution is 2.35. The molecule has 0 spiro atoms. The van der Waals surface area contributed by atoms with Crippen molar-refractivity contribution >= 4 is 35.1 Å². The van der Waals surface area contributed by atoms with Gasteiger partial charge in [-0.25, -0.2) is 4.79 Å². The van der Waals surface area contributed by atoms with E-state index in [1.165, 1.54) is 18.2 Å². The molecule has 1 aliphatic carbocycles. The Bertz CT molecular complexity index is 1270. The van der Waals surface area contributed by atoms with Gasteiger partial charge in [-0.05, 0) is 42.0 Å². The first-order valence-electron chi connectivity index (χ1n) is 9.91. The molecule has 4 rings (SSSR count). The molecule has 174 valence electrons. The lowest BCUT2D eigenvalue weighted by Crippen LogP contribution is -2.49. The van der Waals surface area contributed by atoms with Crippen molar-refractivity contribution in [3.63, 3.8) is 0 Å². The number of halogens is 3. The molecule has 0 bridgehead atoms. The van der Waals surface area contributed by atoms with Crippen LogP contribution in [-0.2, 0) is 15.8 Å². The number of hydrogen-bond donors (Lipinski definition) is 3. The van der Waals surface area contributed by atoms with Crippen LogP contribution < -0.4 is 10.4 Å². The first-order chi connectivity index (χ1) is 16.1. The van der Waals surface area contributed by atoms with E-state index in [0.717, 1.165) is 35.5 Å². The molecule has 1 atom stereocenters. The van der Waals surface area contributed by atoms with Crippen LogP contribution in [0.5, 0.6) is 5.75 Å². The Morgan fingerprint density at radius 2 is 1.85 bits per heavy atom. The lowest BCUT2D eigenvalue weighted by Gasteiger charge is -2.29. The Morgan fingerprint density at radius 1 is 1.15 bits per heavy atom. The van der Waals surface area contributed by atoms with E-state index in [0.29, 0.717) is 11.1 Å². The van der Waals surface area contributed by atoms with Crippen LogP contribution in [0.1, 0.15) is 17.5 Å². The number of phenols is 1. The number of carboxylic acids is 1. The molecule has 1 amide bonds. The van der Waals surface area contributed by atoms with E-state index in [-0.39, 0.29) is 23.6 Å². The number of aromatic hydroxyl groups is 1. The number of para-hydroxylation sites is 1. The predicted octanol–water partition coefficient (Wildman–Crippen LogP) is 3.56. The number of anilines is 1. The Kier molecular flexibility index (Phi) is 5.70. The van der Waals surface area contributed by atoms with Crippen molar-refractivity contribution in [3.05, 3.63) is 77.9 Å². The summed E-state index contributed by atoms with van der Waals surface area (Å²) in [7, 11) is 0. The first kappa shape index (κ1) is 22.8. The SMILES string of the molecule is O=C1/C(=N\NC2(C(=O)O)C=CC=C(c3ccccc3O)C2)C=NN1c1ccc(C(F)(F)F)cc1. The summed E-state index contributed by atoms with van der Waals surface area (Å²) in [6, 6.07) is 10.3. The second kappa shape index (κ2) is 8.50. The summed E-state index contributed by atoms with van der Waals surface area (Å²) in [5.41, 5.74) is 0.790. The third-order valence-corrected chi connectivity index (χ3v) is 5.30. The maximum atomic E-state index is 12.8. The van der Waals surface area contributed by atoms with Crippen LogP contribution in [0, 0.1) is 0 Å². The third-order valence-electron chi connectivity index (χ3n) is 5.30. The summed E-state index contributed by atoms with van der Waals surface area (Å²) in [6.45, 7) is 0. The predicted molar refractivity (Wildman–Crippen MR) is 118 cm³/mol. The number of allylic oxidation sites excluding steroid dienone is 2. The number of nitrogens with zero attached hydrogens (tertiary/aromatic N) is 3. The van der Waals surface area contributed by atoms with Crippen LogP contribution >= 0.6 is 0 Å². The van der Waals surface area contributed by atoms with Gasteiger partial charge in [0.05, 0.1) is 17.5 Å². The molecule has 2 aliphatic rings. The number of hydrazone groups is 2. The standard InChI is InChI=1S/C23H17F3N4O4/c24-23(25,26)15-7-9-16(10-8-15)30-20(32)18(13-27-30)28-29-22(21(33)34)11-3-4-14(12-22)17-5-1-2-6-19(17)31/h1-11,13,29,31H,12H2,(H,33,34)/b28-18-. The lowest BCUT2D eigenvalue weighted by atomic mass is 9.84. The first-order valence-corrected chi connectivity index (χ1v) is 9.91. The van der Waals surface area contributed by atoms with Gasteiger partial charge in [0.2, 0.25) is 0 Å². The number of carboxylic acid groups (broad SMARTS) is 1. The molecule has 8 nitrogen and oxygen atoms in total. The highest BCUT2D eigenvalue weighted by molar-refractivity contribution is 6.65. The van der Waals surface area contributed by atoms with Crippen LogP contribution in [0.3, 0.4) is 0 Å². The van der Waals surface area contributed by atoms with Crippen molar-refractivity contribution in [1.82, 2.24) is 5.43 Å². The zero-order valence-electron chi connectivity index (χ0n) is 17.3. The molecule has 1 aliphatic heterocycles. The van der Waals surface area contributed by atoms with E-state index < -0.39 is 29.2 Å². The minimum atomic E-state index is -4.52. The summed E-state index contributed by atoms with van der Waals surface area (Å²) >= 11 is 0. The Morgan fingerprint density at radius 3 is 2.50 bits per heavy atom. The van der Waals surface area contributed by atoms with Crippen molar-refractivity contribution in [2.24, 2.45) is 10.2 Å². The molecule has 2 aromatic rings. The maximum Gasteiger partial charge on any atom is 0.416 e. The molecular formula is C23H17F3N4O4. The number of aliphatic carboxylic acids is 1. The second-order valence-electron chi connectivity index (χ2n) is 7.54. The molecule has 2 aromatic carbocycles. The average Bonchev–Trinajstić information content (AvgIpc) is 3.18. The quantitative estimate of drug-likeness (QED) is 0.579. The molecule has 34 heavy (non-hydrogen) atoms. The third kappa shape index (κ3) is 4.27. The van der Waals surface area contributed by atoms with E-state index in [1.807, 2.05) is 0 Å². The molecule has 1 unspecified atom stereocenters. The Balaban J connectivity index is 1.53. The monoisotopic (exact) mass is 470 g/mol. The number of carbonyl (C=O) groups is 2. The summed E-state index contributed by atoms with van der Waals surface area (Å²) in [5.74, 6) is -2.03. The van der Waals surface area contributed by atoms with E-state index in [2.05, 4.69) is 15.6 Å². The highest BCUT2D eigenvalue weighted by Gasteiger charge is 2.39. The molecule has 0 aromatic heterocycles. The van der Waals surface area contributed by atoms with Crippen molar-refractivity contribution < 1.29 is 33.0 Å². The van der Waals surface area contributed by atoms with Gasteiger partial charge in [0.25, 0.3) is 0 Å². The number of benzene rings is 2. The molecule has 3 N–H and O–H groups in total. The topological polar surface area (TPSA) is 115 Å². The fraction of sp³-hybridized carbons (Fsp3) is 0.130. The number of alkyl halides is 3. The molecule has 0 saturated heterocycles. The van der Waals surface area contributed by atoms with Gasteiger partial charge in [-0.2, -0.15) is 28.4 Å². The summed E-state index contributed by atoms with van der Waals surface area (Å²) < 4.78 is 38.3. The number of amides is 1. The fourth-order valence-corrected chi connectivity index (χ4v) is 3.49. The molecule has 0 fully saturated rings. The van der Waals surface area contributed by atoms with Crippen LogP contribution in [0.2, 0.25) is 0 Å². The summed E-state index contributed by atoms with van der Waals surface area (Å²) in [5, 5.41) is 28.7. The zero-order valence-corrected chi connectivity index (χ0v) is 17.3. The molecular weight excluding hydrogens is 453 g/mol. The minimum Gasteiger partial charge on any atom is -0.507 e. The smallest absolute Gasteiger partial charge is 0.416 e. The number of phenolic OH excluding ortho intramolecular Hbond substituents is 1. The summed E-state index contributed by atoms with van der Waals surface area (Å²) in [4.78, 5) is 24.8. The van der Waals surface area contributed by atoms with Gasteiger partial charge in [-0.3, -0.25) is 10.2 Å². The number of rotatable bonds is 5. The van der Waals surface area contributed by atoms with E-state index in [4.69, 9.17) is 0 Å². The van der Waals surface area contributed by atoms with Crippen LogP contribution in [-0.4, -0.2) is 39.6 Å². The second-order valence-corrected chi connectivity index (χ2v) is 7.54. The van der Waals surface area contributed by atoms with Crippen LogP contribution in [0.15, 0.2) is 77.0 Å². The van der Waals surface area contributed by atoms with Crippen LogP contribution in [0.4, 0.5) is 18.9 Å². The van der Waals surface area contributed by atoms with Gasteiger partial charge in [0.1, 0.15) is 5.75 Å². The van der Waals surface area contributed by atoms with Crippen molar-refractivity contribution in [1.29, 1.82) is 0 Å². The van der Waals surface area contributed by atoms with Gasteiger partial charge < -0.3 is 10.2 Å². The Labute approximate surface area is 191 Å². The number of nitrogens with one attached hydrogen (secondary N) is 1. The van der Waals surface area contributed by atoms with Crippen molar-refractivity contribution in [3.8, 4) is 5.75 Å². The largest absolute Gasteiger partial charge is 0.507 e. The minimum absolute atomic E-state index is 0.0139. The lowest BCUT2D eigenvalue weighted by molar-refractivity contribution is -0.142. The summed E-state index contributed by atoms with van der Waals surface area (Å²) in [6.07, 6.45) is 1.02. The molecule has 0 saturated carbocycles. The molecule has 0 radical (unpaired) electrons. The molecule has 1 heterocycles. The maximum absolute atomic E-state index is 12.8. The average molecular weight is 470 g/mol. The van der Waals surface area contributed by atoms with Gasteiger partial charge in [-0.15, -0.1) is 0 Å². The van der Waals surface area contributed by atoms with Crippen molar-refractivity contribution in [2.45, 2.75) is 18.1 Å². The van der Waals surface area contributed by atoms with E-state index in [1.54, 1.807) is 24.3 Å². The van der Waals surface area contributed by atoms with Gasteiger partial charge >= 0.3 is 18.1 Å². The highest BCUT2D eigenvalue weighted by atomic mass is 19.4. The van der Waals surface area contributed by atoms with E-state index >= 15 is 0 Å². The fourth-order valence-electron chi connectivity index (χ4n) is 3.49. The number of carbonyl (C=O) groups excluding carboxylic acids is 1. The van der Waals surface area contributed by atoms with Crippen LogP contribution in [0.25, 0.3) is 5.57 Å². The zero-order chi connectivity index (χ0) is 24.5. The van der Waals surface area contributed by atoms with E-state index in [9.17, 15) is 33.0 Å². The van der Waals surface area contributed by atoms with Gasteiger partial charge in [-0.1, -0.05) is 30.4 Å². The Hall–Kier alpha value is -4.41. The van der Waals surface area contributed by atoms with Gasteiger partial charge in [0, 0.05) is 12.0 Å². The van der Waals surface area contributed by atoms with Crippen molar-refractivity contribution in [2.75, 3.05) is 5.01 Å². The number of hydrogen-bond acceptors (Lipinski definition) is 6. The molecule has 11 heteroatoms.